The number of fused-ring (bicyclic) bond motifs is 1. The fraction of sp³-hybridized carbons (Fsp3) is 0.100. The number of aryl methyl sites for hydroxylation is 1. The van der Waals surface area contributed by atoms with Gasteiger partial charge in [0, 0.05) is 34.2 Å². The summed E-state index contributed by atoms with van der Waals surface area (Å²) in [7, 11) is 1.96. The van der Waals surface area contributed by atoms with Crippen LogP contribution in [0.4, 0.5) is 4.79 Å². The second kappa shape index (κ2) is 6.46. The van der Waals surface area contributed by atoms with Crippen LogP contribution >= 0.6 is 15.9 Å². The molecule has 1 saturated heterocycles. The predicted octanol–water partition coefficient (Wildman–Crippen LogP) is 4.03. The molecule has 4 rings (SSSR count). The highest BCUT2D eigenvalue weighted by Gasteiger charge is 2.33. The van der Waals surface area contributed by atoms with Gasteiger partial charge >= 0.3 is 6.03 Å². The largest absolute Gasteiger partial charge is 0.350 e. The van der Waals surface area contributed by atoms with E-state index in [1.54, 1.807) is 6.08 Å². The second-order valence-electron chi connectivity index (χ2n) is 6.22. The molecule has 5 nitrogen and oxygen atoms in total. The Labute approximate surface area is 159 Å². The van der Waals surface area contributed by atoms with E-state index in [0.717, 1.165) is 26.5 Å². The molecule has 1 aliphatic rings. The number of hydrogen-bond acceptors (Lipinski definition) is 2. The molecular weight excluding hydrogens is 394 g/mol. The highest BCUT2D eigenvalue weighted by molar-refractivity contribution is 9.10. The molecule has 6 heteroatoms. The summed E-state index contributed by atoms with van der Waals surface area (Å²) < 4.78 is 2.96. The van der Waals surface area contributed by atoms with Gasteiger partial charge < -0.3 is 9.88 Å². The van der Waals surface area contributed by atoms with Crippen LogP contribution in [0.3, 0.4) is 0 Å². The molecule has 1 fully saturated rings. The number of amides is 3. The number of hydrogen-bond donors (Lipinski definition) is 1. The Morgan fingerprint density at radius 2 is 1.81 bits per heavy atom. The number of halogens is 1. The lowest BCUT2D eigenvalue weighted by Crippen LogP contribution is -2.30. The highest BCUT2D eigenvalue weighted by Crippen LogP contribution is 2.24. The van der Waals surface area contributed by atoms with Gasteiger partial charge in [-0.05, 0) is 29.8 Å². The first-order valence-electron chi connectivity index (χ1n) is 8.16. The van der Waals surface area contributed by atoms with E-state index in [1.165, 1.54) is 4.90 Å². The van der Waals surface area contributed by atoms with Gasteiger partial charge in [0.15, 0.2) is 0 Å². The minimum Gasteiger partial charge on any atom is -0.350 e. The number of carbonyl (C=O) groups is 2. The lowest BCUT2D eigenvalue weighted by molar-refractivity contribution is -0.123. The van der Waals surface area contributed by atoms with Gasteiger partial charge in [-0.3, -0.25) is 9.69 Å². The molecule has 130 valence electrons. The number of benzene rings is 2. The summed E-state index contributed by atoms with van der Waals surface area (Å²) in [4.78, 5) is 26.2. The second-order valence-corrected chi connectivity index (χ2v) is 7.13. The number of aromatic nitrogens is 1. The number of imide groups is 1. The molecule has 2 heterocycles. The lowest BCUT2D eigenvalue weighted by Gasteiger charge is -2.11. The molecule has 3 amide bonds. The Kier molecular flexibility index (Phi) is 4.12. The average molecular weight is 410 g/mol. The Balaban J connectivity index is 1.64. The molecule has 0 saturated carbocycles. The Bertz CT molecular complexity index is 1050. The Hall–Kier alpha value is -2.86. The maximum absolute atomic E-state index is 12.7. The van der Waals surface area contributed by atoms with E-state index in [0.29, 0.717) is 5.70 Å². The van der Waals surface area contributed by atoms with E-state index >= 15 is 0 Å². The molecule has 1 aromatic heterocycles. The van der Waals surface area contributed by atoms with Crippen molar-refractivity contribution in [3.63, 3.8) is 0 Å². The zero-order valence-electron chi connectivity index (χ0n) is 14.1. The smallest absolute Gasteiger partial charge is 0.329 e. The number of nitrogens with zero attached hydrogens (tertiary/aromatic N) is 2. The van der Waals surface area contributed by atoms with Crippen LogP contribution in [-0.4, -0.2) is 21.4 Å². The predicted molar refractivity (Wildman–Crippen MR) is 104 cm³/mol. The molecule has 0 radical (unpaired) electrons. The van der Waals surface area contributed by atoms with Gasteiger partial charge in [0.25, 0.3) is 5.91 Å². The first kappa shape index (κ1) is 16.6. The zero-order chi connectivity index (χ0) is 18.3. The summed E-state index contributed by atoms with van der Waals surface area (Å²) >= 11 is 3.38. The molecule has 0 atom stereocenters. The third-order valence-corrected chi connectivity index (χ3v) is 4.97. The van der Waals surface area contributed by atoms with Gasteiger partial charge in [0.05, 0.1) is 6.54 Å². The third kappa shape index (κ3) is 2.93. The fourth-order valence-electron chi connectivity index (χ4n) is 3.13. The van der Waals surface area contributed by atoms with Crippen molar-refractivity contribution in [2.75, 3.05) is 0 Å². The van der Waals surface area contributed by atoms with Crippen LogP contribution in [0.1, 0.15) is 11.1 Å². The normalized spacial score (nSPS) is 15.9. The van der Waals surface area contributed by atoms with Crippen molar-refractivity contribution in [1.29, 1.82) is 0 Å². The Morgan fingerprint density at radius 1 is 1.08 bits per heavy atom. The summed E-state index contributed by atoms with van der Waals surface area (Å²) in [6.07, 6.45) is 3.69. The van der Waals surface area contributed by atoms with Crippen molar-refractivity contribution < 1.29 is 9.59 Å². The molecule has 1 N–H and O–H groups in total. The maximum atomic E-state index is 12.7. The quantitative estimate of drug-likeness (QED) is 0.524. The van der Waals surface area contributed by atoms with Gasteiger partial charge in [-0.15, -0.1) is 0 Å². The monoisotopic (exact) mass is 409 g/mol. The minimum absolute atomic E-state index is 0.241. The molecule has 0 bridgehead atoms. The summed E-state index contributed by atoms with van der Waals surface area (Å²) in [5.74, 6) is -0.314. The number of rotatable bonds is 3. The maximum Gasteiger partial charge on any atom is 0.329 e. The fourth-order valence-corrected chi connectivity index (χ4v) is 3.40. The summed E-state index contributed by atoms with van der Waals surface area (Å²) in [6, 6.07) is 15.1. The average Bonchev–Trinajstić information content (AvgIpc) is 3.09. The molecule has 2 aromatic carbocycles. The molecule has 26 heavy (non-hydrogen) atoms. The van der Waals surface area contributed by atoms with E-state index < -0.39 is 6.03 Å². The van der Waals surface area contributed by atoms with Crippen molar-refractivity contribution >= 4 is 44.8 Å². The number of para-hydroxylation sites is 1. The molecule has 0 spiro atoms. The molecular formula is C20H16BrN3O2. The highest BCUT2D eigenvalue weighted by atomic mass is 79.9. The standard InChI is InChI=1S/C20H16BrN3O2/c1-23-12-14(16-4-2-3-5-18(16)23)10-17-19(25)24(20(26)22-17)11-13-6-8-15(21)9-7-13/h2-10,12H,11H2,1H3,(H,22,26). The summed E-state index contributed by atoms with van der Waals surface area (Å²) in [5.41, 5.74) is 3.16. The van der Waals surface area contributed by atoms with Crippen LogP contribution < -0.4 is 5.32 Å². The lowest BCUT2D eigenvalue weighted by atomic mass is 10.1. The van der Waals surface area contributed by atoms with E-state index in [1.807, 2.05) is 66.3 Å². The Morgan fingerprint density at radius 3 is 2.58 bits per heavy atom. The zero-order valence-corrected chi connectivity index (χ0v) is 15.7. The number of carbonyl (C=O) groups excluding carboxylic acids is 2. The molecule has 0 unspecified atom stereocenters. The first-order chi connectivity index (χ1) is 12.5. The van der Waals surface area contributed by atoms with Crippen LogP contribution in [-0.2, 0) is 18.4 Å². The molecule has 3 aromatic rings. The van der Waals surface area contributed by atoms with E-state index in [2.05, 4.69) is 21.2 Å². The topological polar surface area (TPSA) is 54.3 Å². The van der Waals surface area contributed by atoms with Crippen LogP contribution in [0.5, 0.6) is 0 Å². The van der Waals surface area contributed by atoms with Crippen molar-refractivity contribution in [3.05, 3.63) is 76.0 Å². The number of urea groups is 1. The van der Waals surface area contributed by atoms with Crippen molar-refractivity contribution in [2.45, 2.75) is 6.54 Å². The van der Waals surface area contributed by atoms with Crippen molar-refractivity contribution in [3.8, 4) is 0 Å². The summed E-state index contributed by atoms with van der Waals surface area (Å²) in [6.45, 7) is 0.241. The molecule has 0 aliphatic carbocycles. The van der Waals surface area contributed by atoms with Gasteiger partial charge in [0.2, 0.25) is 0 Å². The van der Waals surface area contributed by atoms with Gasteiger partial charge in [0.1, 0.15) is 5.70 Å². The van der Waals surface area contributed by atoms with E-state index in [4.69, 9.17) is 0 Å². The summed E-state index contributed by atoms with van der Waals surface area (Å²) in [5, 5.41) is 3.73. The van der Waals surface area contributed by atoms with E-state index in [9.17, 15) is 9.59 Å². The van der Waals surface area contributed by atoms with E-state index in [-0.39, 0.29) is 12.5 Å². The van der Waals surface area contributed by atoms with Crippen LogP contribution in [0.15, 0.2) is 64.9 Å². The van der Waals surface area contributed by atoms with Gasteiger partial charge in [-0.1, -0.05) is 46.3 Å². The minimum atomic E-state index is -0.399. The third-order valence-electron chi connectivity index (χ3n) is 4.44. The van der Waals surface area contributed by atoms with Crippen molar-refractivity contribution in [1.82, 2.24) is 14.8 Å². The molecule has 1 aliphatic heterocycles. The van der Waals surface area contributed by atoms with Crippen LogP contribution in [0.25, 0.3) is 17.0 Å². The van der Waals surface area contributed by atoms with Gasteiger partial charge in [-0.25, -0.2) is 4.79 Å². The van der Waals surface area contributed by atoms with Crippen LogP contribution in [0.2, 0.25) is 0 Å². The van der Waals surface area contributed by atoms with Crippen molar-refractivity contribution in [2.24, 2.45) is 7.05 Å². The SMILES string of the molecule is Cn1cc(C=C2NC(=O)N(Cc3ccc(Br)cc3)C2=O)c2ccccc21. The van der Waals surface area contributed by atoms with Crippen LogP contribution in [0, 0.1) is 0 Å². The number of nitrogens with one attached hydrogen (secondary N) is 1. The van der Waals surface area contributed by atoms with Gasteiger partial charge in [-0.2, -0.15) is 0 Å². The first-order valence-corrected chi connectivity index (χ1v) is 8.95.